The Morgan fingerprint density at radius 3 is 2.48 bits per heavy atom. The zero-order chi connectivity index (χ0) is 17.8. The summed E-state index contributed by atoms with van der Waals surface area (Å²) in [6.07, 6.45) is 1.06. The molecule has 1 aliphatic rings. The molecule has 3 rings (SSSR count). The summed E-state index contributed by atoms with van der Waals surface area (Å²) in [5, 5.41) is 6.22. The second-order valence-corrected chi connectivity index (χ2v) is 5.83. The van der Waals surface area contributed by atoms with Crippen LogP contribution in [0.15, 0.2) is 53.6 Å². The third kappa shape index (κ3) is 3.36. The Balaban J connectivity index is 1.96. The zero-order valence-corrected chi connectivity index (χ0v) is 14.7. The van der Waals surface area contributed by atoms with E-state index >= 15 is 0 Å². The van der Waals surface area contributed by atoms with E-state index in [-0.39, 0.29) is 11.9 Å². The normalized spacial score (nSPS) is 16.5. The first kappa shape index (κ1) is 17.0. The number of rotatable bonds is 5. The van der Waals surface area contributed by atoms with E-state index in [0.29, 0.717) is 12.8 Å². The van der Waals surface area contributed by atoms with Crippen molar-refractivity contribution in [1.82, 2.24) is 5.01 Å². The molecule has 1 heterocycles. The van der Waals surface area contributed by atoms with Gasteiger partial charge < -0.3 is 9.47 Å². The van der Waals surface area contributed by atoms with E-state index in [1.807, 2.05) is 55.5 Å². The van der Waals surface area contributed by atoms with Crippen molar-refractivity contribution < 1.29 is 14.3 Å². The summed E-state index contributed by atoms with van der Waals surface area (Å²) >= 11 is 0. The molecule has 2 aromatic carbocycles. The molecule has 0 saturated carbocycles. The van der Waals surface area contributed by atoms with Crippen molar-refractivity contribution >= 4 is 11.6 Å². The van der Waals surface area contributed by atoms with Crippen LogP contribution in [0.25, 0.3) is 0 Å². The molecule has 5 heteroatoms. The number of carbonyl (C=O) groups excluding carboxylic acids is 1. The highest BCUT2D eigenvalue weighted by atomic mass is 16.5. The Bertz CT molecular complexity index is 784. The zero-order valence-electron chi connectivity index (χ0n) is 14.7. The van der Waals surface area contributed by atoms with Gasteiger partial charge in [-0.1, -0.05) is 25.1 Å². The number of carbonyl (C=O) groups is 1. The largest absolute Gasteiger partial charge is 0.497 e. The van der Waals surface area contributed by atoms with Gasteiger partial charge in [0.15, 0.2) is 0 Å². The van der Waals surface area contributed by atoms with Crippen LogP contribution in [0.4, 0.5) is 0 Å². The second kappa shape index (κ2) is 7.38. The summed E-state index contributed by atoms with van der Waals surface area (Å²) in [5.74, 6) is 1.57. The minimum absolute atomic E-state index is 0.000539. The summed E-state index contributed by atoms with van der Waals surface area (Å²) < 4.78 is 10.7. The average Bonchev–Trinajstić information content (AvgIpc) is 3.12. The Hall–Kier alpha value is -2.82. The molecule has 0 radical (unpaired) electrons. The number of amides is 1. The van der Waals surface area contributed by atoms with Crippen molar-refractivity contribution in [1.29, 1.82) is 0 Å². The van der Waals surface area contributed by atoms with E-state index in [1.54, 1.807) is 19.2 Å². The lowest BCUT2D eigenvalue weighted by molar-refractivity contribution is -0.132. The molecule has 25 heavy (non-hydrogen) atoms. The highest BCUT2D eigenvalue weighted by Gasteiger charge is 2.33. The minimum atomic E-state index is -0.152. The first-order chi connectivity index (χ1) is 12.2. The second-order valence-electron chi connectivity index (χ2n) is 5.83. The number of methoxy groups -OCH3 is 2. The average molecular weight is 338 g/mol. The predicted octanol–water partition coefficient (Wildman–Crippen LogP) is 3.79. The number of para-hydroxylation sites is 1. The topological polar surface area (TPSA) is 51.1 Å². The molecule has 0 saturated heterocycles. The van der Waals surface area contributed by atoms with Crippen LogP contribution in [-0.4, -0.2) is 30.8 Å². The summed E-state index contributed by atoms with van der Waals surface area (Å²) in [4.78, 5) is 12.4. The molecule has 0 spiro atoms. The van der Waals surface area contributed by atoms with E-state index in [4.69, 9.17) is 9.47 Å². The third-order valence-electron chi connectivity index (χ3n) is 4.39. The van der Waals surface area contributed by atoms with Gasteiger partial charge in [0, 0.05) is 18.4 Å². The van der Waals surface area contributed by atoms with Gasteiger partial charge in [-0.3, -0.25) is 4.79 Å². The van der Waals surface area contributed by atoms with Crippen LogP contribution in [0.2, 0.25) is 0 Å². The third-order valence-corrected chi connectivity index (χ3v) is 4.39. The van der Waals surface area contributed by atoms with Crippen LogP contribution in [0, 0.1) is 0 Å². The SMILES string of the molecule is CCC(=O)N1N=C(c2ccc(OC)cc2)C[C@@H]1c1ccccc1OC. The van der Waals surface area contributed by atoms with Crippen molar-refractivity contribution in [2.75, 3.05) is 14.2 Å². The van der Waals surface area contributed by atoms with Gasteiger partial charge in [0.1, 0.15) is 11.5 Å². The summed E-state index contributed by atoms with van der Waals surface area (Å²) in [6.45, 7) is 1.85. The maximum absolute atomic E-state index is 12.4. The van der Waals surface area contributed by atoms with E-state index in [1.165, 1.54) is 0 Å². The van der Waals surface area contributed by atoms with Gasteiger partial charge in [-0.05, 0) is 35.9 Å². The maximum atomic E-state index is 12.4. The van der Waals surface area contributed by atoms with Gasteiger partial charge in [-0.25, -0.2) is 5.01 Å². The Kier molecular flexibility index (Phi) is 5.03. The molecule has 2 aromatic rings. The fraction of sp³-hybridized carbons (Fsp3) is 0.300. The lowest BCUT2D eigenvalue weighted by atomic mass is 9.97. The van der Waals surface area contributed by atoms with E-state index in [2.05, 4.69) is 5.10 Å². The van der Waals surface area contributed by atoms with Crippen LogP contribution in [0.3, 0.4) is 0 Å². The summed E-state index contributed by atoms with van der Waals surface area (Å²) in [6, 6.07) is 15.4. The van der Waals surface area contributed by atoms with Crippen molar-refractivity contribution in [2.24, 2.45) is 5.10 Å². The Labute approximate surface area is 147 Å². The molecule has 1 aliphatic heterocycles. The molecule has 0 fully saturated rings. The first-order valence-corrected chi connectivity index (χ1v) is 8.34. The lowest BCUT2D eigenvalue weighted by Crippen LogP contribution is -2.26. The summed E-state index contributed by atoms with van der Waals surface area (Å²) in [7, 11) is 3.28. The van der Waals surface area contributed by atoms with Crippen molar-refractivity contribution in [2.45, 2.75) is 25.8 Å². The maximum Gasteiger partial charge on any atom is 0.242 e. The fourth-order valence-electron chi connectivity index (χ4n) is 3.04. The van der Waals surface area contributed by atoms with Gasteiger partial charge in [0.25, 0.3) is 0 Å². The lowest BCUT2D eigenvalue weighted by Gasteiger charge is -2.23. The quantitative estimate of drug-likeness (QED) is 0.833. The number of ether oxygens (including phenoxy) is 2. The van der Waals surface area contributed by atoms with Crippen LogP contribution >= 0.6 is 0 Å². The van der Waals surface area contributed by atoms with E-state index in [9.17, 15) is 4.79 Å². The van der Waals surface area contributed by atoms with Gasteiger partial charge in [-0.15, -0.1) is 0 Å². The molecular weight excluding hydrogens is 316 g/mol. The first-order valence-electron chi connectivity index (χ1n) is 8.34. The van der Waals surface area contributed by atoms with Gasteiger partial charge in [0.05, 0.1) is 26.0 Å². The molecule has 1 atom stereocenters. The van der Waals surface area contributed by atoms with Crippen LogP contribution < -0.4 is 9.47 Å². The van der Waals surface area contributed by atoms with E-state index < -0.39 is 0 Å². The monoisotopic (exact) mass is 338 g/mol. The fourth-order valence-corrected chi connectivity index (χ4v) is 3.04. The summed E-state index contributed by atoms with van der Waals surface area (Å²) in [5.41, 5.74) is 2.85. The highest BCUT2D eigenvalue weighted by Crippen LogP contribution is 2.37. The molecule has 5 nitrogen and oxygen atoms in total. The molecular formula is C20H22N2O3. The highest BCUT2D eigenvalue weighted by molar-refractivity contribution is 6.03. The number of hydrogen-bond acceptors (Lipinski definition) is 4. The van der Waals surface area contributed by atoms with Crippen molar-refractivity contribution in [3.05, 3.63) is 59.7 Å². The molecule has 0 unspecified atom stereocenters. The van der Waals surface area contributed by atoms with Gasteiger partial charge >= 0.3 is 0 Å². The van der Waals surface area contributed by atoms with E-state index in [0.717, 1.165) is 28.3 Å². The van der Waals surface area contributed by atoms with Crippen molar-refractivity contribution in [3.63, 3.8) is 0 Å². The number of benzene rings is 2. The Morgan fingerprint density at radius 1 is 1.12 bits per heavy atom. The molecule has 0 aromatic heterocycles. The standard InChI is InChI=1S/C20H22N2O3/c1-4-20(23)22-18(16-7-5-6-8-19(16)25-3)13-17(21-22)14-9-11-15(24-2)12-10-14/h5-12,18H,4,13H2,1-3H3/t18-/m1/s1. The van der Waals surface area contributed by atoms with Crippen LogP contribution in [0.1, 0.15) is 36.9 Å². The van der Waals surface area contributed by atoms with Gasteiger partial charge in [0.2, 0.25) is 5.91 Å². The Morgan fingerprint density at radius 2 is 1.84 bits per heavy atom. The number of hydrazone groups is 1. The van der Waals surface area contributed by atoms with Crippen LogP contribution in [0.5, 0.6) is 11.5 Å². The molecule has 130 valence electrons. The molecule has 0 bridgehead atoms. The van der Waals surface area contributed by atoms with Crippen LogP contribution in [-0.2, 0) is 4.79 Å². The number of hydrogen-bond donors (Lipinski definition) is 0. The predicted molar refractivity (Wildman–Crippen MR) is 97.0 cm³/mol. The van der Waals surface area contributed by atoms with Crippen molar-refractivity contribution in [3.8, 4) is 11.5 Å². The molecule has 1 amide bonds. The minimum Gasteiger partial charge on any atom is -0.497 e. The number of nitrogens with zero attached hydrogens (tertiary/aromatic N) is 2. The molecule has 0 N–H and O–H groups in total. The molecule has 0 aliphatic carbocycles. The smallest absolute Gasteiger partial charge is 0.242 e. The van der Waals surface area contributed by atoms with Gasteiger partial charge in [-0.2, -0.15) is 5.10 Å².